The van der Waals surface area contributed by atoms with Crippen molar-refractivity contribution in [2.45, 2.75) is 12.8 Å². The zero-order valence-electron chi connectivity index (χ0n) is 17.2. The fourth-order valence-electron chi connectivity index (χ4n) is 3.01. The molecule has 9 heteroatoms. The summed E-state index contributed by atoms with van der Waals surface area (Å²) in [5, 5.41) is 0. The number of carbonyl (C=O) groups excluding carboxylic acids is 2. The highest BCUT2D eigenvalue weighted by molar-refractivity contribution is 5.87. The number of methoxy groups -OCH3 is 2. The molecule has 0 bridgehead atoms. The van der Waals surface area contributed by atoms with Gasteiger partial charge in [0.2, 0.25) is 12.2 Å². The predicted octanol–water partition coefficient (Wildman–Crippen LogP) is 2.37. The molecule has 9 nitrogen and oxygen atoms in total. The third kappa shape index (κ3) is 5.12. The molecule has 0 aliphatic carbocycles. The van der Waals surface area contributed by atoms with E-state index in [-0.39, 0.29) is 12.5 Å². The molecule has 1 aromatic heterocycles. The summed E-state index contributed by atoms with van der Waals surface area (Å²) in [5.74, 6) is 0.706. The topological polar surface area (TPSA) is 90.4 Å². The lowest BCUT2D eigenvalue weighted by molar-refractivity contribution is -0.143. The fourth-order valence-corrected chi connectivity index (χ4v) is 3.01. The molecule has 1 aromatic carbocycles. The summed E-state index contributed by atoms with van der Waals surface area (Å²) in [7, 11) is 4.57. The van der Waals surface area contributed by atoms with Crippen LogP contribution in [0.15, 0.2) is 42.5 Å². The molecule has 0 atom stereocenters. The second kappa shape index (κ2) is 10.1. The van der Waals surface area contributed by atoms with Gasteiger partial charge in [-0.25, -0.2) is 9.78 Å². The largest absolute Gasteiger partial charge is 0.420 e. The maximum atomic E-state index is 12.5. The van der Waals surface area contributed by atoms with Crippen LogP contribution in [0.25, 0.3) is 0 Å². The van der Waals surface area contributed by atoms with E-state index in [0.717, 1.165) is 5.56 Å². The third-order valence-electron chi connectivity index (χ3n) is 4.66. The molecule has 2 aromatic rings. The Labute approximate surface area is 175 Å². The van der Waals surface area contributed by atoms with Gasteiger partial charge in [-0.1, -0.05) is 24.3 Å². The Hall–Kier alpha value is -3.01. The fraction of sp³-hybridized carbons (Fsp3) is 0.381. The first kappa shape index (κ1) is 21.7. The summed E-state index contributed by atoms with van der Waals surface area (Å²) in [6.07, 6.45) is -1.34. The average Bonchev–Trinajstić information content (AvgIpc) is 2.77. The van der Waals surface area contributed by atoms with Crippen molar-refractivity contribution >= 4 is 17.8 Å². The smallest absolute Gasteiger partial charge is 0.410 e. The van der Waals surface area contributed by atoms with E-state index in [1.165, 1.54) is 19.1 Å². The number of hydrogen-bond acceptors (Lipinski definition) is 7. The molecule has 30 heavy (non-hydrogen) atoms. The second-order valence-corrected chi connectivity index (χ2v) is 6.63. The van der Waals surface area contributed by atoms with Crippen molar-refractivity contribution in [3.8, 4) is 5.75 Å². The van der Waals surface area contributed by atoms with Crippen molar-refractivity contribution in [3.05, 3.63) is 53.7 Å². The first-order valence-corrected chi connectivity index (χ1v) is 9.45. The van der Waals surface area contributed by atoms with E-state index in [9.17, 15) is 9.59 Å². The van der Waals surface area contributed by atoms with Crippen LogP contribution in [0.1, 0.15) is 17.5 Å². The van der Waals surface area contributed by atoms with Gasteiger partial charge in [0.05, 0.1) is 6.61 Å². The van der Waals surface area contributed by atoms with Gasteiger partial charge in [0.1, 0.15) is 23.9 Å². The van der Waals surface area contributed by atoms with Crippen molar-refractivity contribution in [2.24, 2.45) is 0 Å². The van der Waals surface area contributed by atoms with Gasteiger partial charge in [-0.05, 0) is 23.8 Å². The summed E-state index contributed by atoms with van der Waals surface area (Å²) in [6, 6.07) is 12.3. The van der Waals surface area contributed by atoms with Gasteiger partial charge in [-0.2, -0.15) is 0 Å². The van der Waals surface area contributed by atoms with Crippen LogP contribution in [0, 0.1) is 0 Å². The van der Waals surface area contributed by atoms with Gasteiger partial charge < -0.3 is 23.8 Å². The Morgan fingerprint density at radius 1 is 1.20 bits per heavy atom. The predicted molar refractivity (Wildman–Crippen MR) is 108 cm³/mol. The number of nitrogens with zero attached hydrogens (tertiary/aromatic N) is 3. The van der Waals surface area contributed by atoms with Crippen LogP contribution in [-0.4, -0.2) is 62.9 Å². The maximum Gasteiger partial charge on any atom is 0.420 e. The number of carbonyl (C=O) groups is 2. The number of benzene rings is 1. The van der Waals surface area contributed by atoms with Crippen LogP contribution in [0.4, 0.5) is 10.6 Å². The molecule has 0 unspecified atom stereocenters. The van der Waals surface area contributed by atoms with Crippen molar-refractivity contribution in [1.29, 1.82) is 0 Å². The van der Waals surface area contributed by atoms with E-state index in [1.807, 2.05) is 6.07 Å². The number of rotatable bonds is 7. The summed E-state index contributed by atoms with van der Waals surface area (Å²) in [4.78, 5) is 32.2. The highest BCUT2D eigenvalue weighted by atomic mass is 16.7. The molecule has 3 rings (SSSR count). The van der Waals surface area contributed by atoms with Crippen molar-refractivity contribution in [2.75, 3.05) is 45.9 Å². The molecule has 160 valence electrons. The van der Waals surface area contributed by atoms with Crippen LogP contribution < -0.4 is 9.64 Å². The van der Waals surface area contributed by atoms with Crippen LogP contribution >= 0.6 is 0 Å². The molecule has 1 saturated heterocycles. The number of para-hydroxylation sites is 1. The van der Waals surface area contributed by atoms with Gasteiger partial charge in [0.25, 0.3) is 0 Å². The molecule has 0 N–H and O–H groups in total. The summed E-state index contributed by atoms with van der Waals surface area (Å²) in [6.45, 7) is 1.38. The van der Waals surface area contributed by atoms with Gasteiger partial charge in [-0.3, -0.25) is 9.69 Å². The van der Waals surface area contributed by atoms with E-state index in [2.05, 4.69) is 4.98 Å². The standard InChI is InChI=1S/C21H25N3O6/c1-23(21(26)30-16-7-5-4-6-8-16)17-10-9-15(19(22-17)20(27-2)28-3)13-24-11-12-29-14-18(24)25/h4-10,20H,11-14H2,1-3H3. The normalized spacial score (nSPS) is 14.1. The number of amides is 2. The second-order valence-electron chi connectivity index (χ2n) is 6.63. The average molecular weight is 415 g/mol. The highest BCUT2D eigenvalue weighted by Gasteiger charge is 2.25. The summed E-state index contributed by atoms with van der Waals surface area (Å²) in [5.41, 5.74) is 1.24. The molecular formula is C21H25N3O6. The number of pyridine rings is 1. The molecule has 1 aliphatic heterocycles. The molecule has 1 aliphatic rings. The Balaban J connectivity index is 1.84. The lowest BCUT2D eigenvalue weighted by Crippen LogP contribution is -2.41. The third-order valence-corrected chi connectivity index (χ3v) is 4.66. The zero-order chi connectivity index (χ0) is 21.5. The van der Waals surface area contributed by atoms with Gasteiger partial charge in [0, 0.05) is 34.4 Å². The van der Waals surface area contributed by atoms with Crippen molar-refractivity contribution in [3.63, 3.8) is 0 Å². The molecular weight excluding hydrogens is 390 g/mol. The molecule has 1 fully saturated rings. The highest BCUT2D eigenvalue weighted by Crippen LogP contribution is 2.25. The van der Waals surface area contributed by atoms with Crippen molar-refractivity contribution in [1.82, 2.24) is 9.88 Å². The van der Waals surface area contributed by atoms with Gasteiger partial charge >= 0.3 is 6.09 Å². The number of aromatic nitrogens is 1. The Morgan fingerprint density at radius 2 is 1.93 bits per heavy atom. The van der Waals surface area contributed by atoms with Crippen LogP contribution in [-0.2, 0) is 25.5 Å². The van der Waals surface area contributed by atoms with E-state index >= 15 is 0 Å². The molecule has 0 spiro atoms. The summed E-state index contributed by atoms with van der Waals surface area (Å²) >= 11 is 0. The van der Waals surface area contributed by atoms with Gasteiger partial charge in [0.15, 0.2) is 0 Å². The number of ether oxygens (including phenoxy) is 4. The minimum Gasteiger partial charge on any atom is -0.410 e. The first-order chi connectivity index (χ1) is 14.5. The molecule has 2 amide bonds. The molecule has 2 heterocycles. The Kier molecular flexibility index (Phi) is 7.34. The first-order valence-electron chi connectivity index (χ1n) is 9.45. The quantitative estimate of drug-likeness (QED) is 0.641. The zero-order valence-corrected chi connectivity index (χ0v) is 17.2. The minimum atomic E-state index is -0.755. The minimum absolute atomic E-state index is 0.0624. The van der Waals surface area contributed by atoms with Crippen LogP contribution in [0.3, 0.4) is 0 Å². The number of anilines is 1. The van der Waals surface area contributed by atoms with E-state index in [4.69, 9.17) is 18.9 Å². The van der Waals surface area contributed by atoms with E-state index in [0.29, 0.717) is 37.0 Å². The Morgan fingerprint density at radius 3 is 2.60 bits per heavy atom. The molecule has 0 saturated carbocycles. The maximum absolute atomic E-state index is 12.5. The number of hydrogen-bond donors (Lipinski definition) is 0. The lowest BCUT2D eigenvalue weighted by atomic mass is 10.1. The SMILES string of the molecule is COC(OC)c1nc(N(C)C(=O)Oc2ccccc2)ccc1CN1CCOCC1=O. The van der Waals surface area contributed by atoms with Crippen LogP contribution in [0.5, 0.6) is 5.75 Å². The van der Waals surface area contributed by atoms with Crippen LogP contribution in [0.2, 0.25) is 0 Å². The molecule has 0 radical (unpaired) electrons. The number of morpholine rings is 1. The Bertz CT molecular complexity index is 872. The van der Waals surface area contributed by atoms with E-state index < -0.39 is 12.4 Å². The van der Waals surface area contributed by atoms with E-state index in [1.54, 1.807) is 48.3 Å². The van der Waals surface area contributed by atoms with Gasteiger partial charge in [-0.15, -0.1) is 0 Å². The summed E-state index contributed by atoms with van der Waals surface area (Å²) < 4.78 is 21.3. The van der Waals surface area contributed by atoms with Crippen molar-refractivity contribution < 1.29 is 28.5 Å². The monoisotopic (exact) mass is 415 g/mol. The lowest BCUT2D eigenvalue weighted by Gasteiger charge is -2.28.